The van der Waals surface area contributed by atoms with E-state index in [4.69, 9.17) is 5.73 Å². The van der Waals surface area contributed by atoms with Crippen molar-refractivity contribution in [1.29, 1.82) is 0 Å². The lowest BCUT2D eigenvalue weighted by Gasteiger charge is -2.03. The lowest BCUT2D eigenvalue weighted by Crippen LogP contribution is -2.19. The number of nitrogens with two attached hydrogens (primary N) is 1. The Morgan fingerprint density at radius 2 is 2.43 bits per heavy atom. The van der Waals surface area contributed by atoms with Crippen LogP contribution in [0.3, 0.4) is 0 Å². The minimum atomic E-state index is -0.491. The molecule has 1 amide bonds. The fourth-order valence-corrected chi connectivity index (χ4v) is 1.23. The van der Waals surface area contributed by atoms with Crippen LogP contribution < -0.4 is 5.73 Å². The average Bonchev–Trinajstić information content (AvgIpc) is 2.40. The molecule has 1 aliphatic heterocycles. The number of nitrogens with zero attached hydrogens (tertiary/aromatic N) is 3. The second-order valence-corrected chi connectivity index (χ2v) is 3.18. The van der Waals surface area contributed by atoms with Crippen LogP contribution >= 0.6 is 0 Å². The highest BCUT2D eigenvalue weighted by atomic mass is 16.1. The van der Waals surface area contributed by atoms with Crippen LogP contribution in [0.4, 0.5) is 0 Å². The number of aromatic nitrogens is 2. The van der Waals surface area contributed by atoms with E-state index in [2.05, 4.69) is 5.10 Å². The highest BCUT2D eigenvalue weighted by Crippen LogP contribution is 2.03. The molecular weight excluding hydrogens is 180 g/mol. The summed E-state index contributed by atoms with van der Waals surface area (Å²) in [4.78, 5) is 10.8. The van der Waals surface area contributed by atoms with Gasteiger partial charge in [-0.15, -0.1) is 0 Å². The van der Waals surface area contributed by atoms with Gasteiger partial charge in [0.05, 0.1) is 6.08 Å². The van der Waals surface area contributed by atoms with E-state index in [0.717, 1.165) is 5.69 Å². The first-order valence-corrected chi connectivity index (χ1v) is 4.28. The van der Waals surface area contributed by atoms with Crippen LogP contribution in [0.15, 0.2) is 18.3 Å². The van der Waals surface area contributed by atoms with Gasteiger partial charge in [-0.2, -0.15) is 9.67 Å². The molecule has 14 heavy (non-hydrogen) atoms. The van der Waals surface area contributed by atoms with Crippen molar-refractivity contribution in [2.75, 3.05) is 0 Å². The summed E-state index contributed by atoms with van der Waals surface area (Å²) in [5.41, 5.74) is 6.36. The highest BCUT2D eigenvalue weighted by molar-refractivity contribution is 5.90. The fraction of sp³-hybridized carbons (Fsp3) is 0.222. The molecule has 0 aromatic carbocycles. The van der Waals surface area contributed by atoms with Crippen molar-refractivity contribution in [2.45, 2.75) is 13.6 Å². The largest absolute Gasteiger partial charge is 0.364 e. The molecule has 2 heterocycles. The summed E-state index contributed by atoms with van der Waals surface area (Å²) in [6, 6.07) is 1.69. The molecule has 1 aromatic heterocycles. The summed E-state index contributed by atoms with van der Waals surface area (Å²) in [7, 11) is 0. The number of hydrogen-bond acceptors (Lipinski definition) is 2. The maximum absolute atomic E-state index is 10.8. The molecule has 2 N–H and O–H groups in total. The van der Waals surface area contributed by atoms with E-state index in [-0.39, 0.29) is 0 Å². The zero-order valence-electron chi connectivity index (χ0n) is 7.84. The molecule has 0 spiro atoms. The molecule has 0 unspecified atom stereocenters. The van der Waals surface area contributed by atoms with Gasteiger partial charge < -0.3 is 5.73 Å². The topological polar surface area (TPSA) is 63.9 Å². The molecule has 5 heteroatoms. The van der Waals surface area contributed by atoms with Crippen molar-refractivity contribution < 1.29 is 9.37 Å². The Morgan fingerprint density at radius 3 is 2.86 bits per heavy atom. The van der Waals surface area contributed by atoms with Crippen molar-refractivity contribution in [2.24, 2.45) is 5.73 Å². The van der Waals surface area contributed by atoms with Crippen LogP contribution in [-0.4, -0.2) is 26.5 Å². The summed E-state index contributed by atoms with van der Waals surface area (Å²) in [6.45, 7) is 2.51. The molecule has 0 fully saturated rings. The lowest BCUT2D eigenvalue weighted by molar-refractivity contribution is -0.498. The van der Waals surface area contributed by atoms with Gasteiger partial charge in [-0.3, -0.25) is 4.79 Å². The van der Waals surface area contributed by atoms with E-state index in [1.807, 2.05) is 30.0 Å². The summed E-state index contributed by atoms with van der Waals surface area (Å²) >= 11 is 0. The van der Waals surface area contributed by atoms with Gasteiger partial charge in [-0.1, -0.05) is 0 Å². The molecule has 0 atom stereocenters. The van der Waals surface area contributed by atoms with E-state index in [1.165, 1.54) is 0 Å². The monoisotopic (exact) mass is 191 g/mol. The summed E-state index contributed by atoms with van der Waals surface area (Å²) in [5.74, 6) is -0.491. The van der Waals surface area contributed by atoms with Gasteiger partial charge in [0.25, 0.3) is 5.91 Å². The summed E-state index contributed by atoms with van der Waals surface area (Å²) in [6.07, 6.45) is 5.81. The van der Waals surface area contributed by atoms with Gasteiger partial charge in [-0.25, -0.2) is 4.68 Å². The molecule has 1 aliphatic rings. The molecule has 72 valence electrons. The number of aryl methyl sites for hydroxylation is 1. The second kappa shape index (κ2) is 3.10. The van der Waals surface area contributed by atoms with Crippen molar-refractivity contribution in [3.63, 3.8) is 0 Å². The third-order valence-corrected chi connectivity index (χ3v) is 2.09. The molecule has 1 aromatic rings. The maximum Gasteiger partial charge on any atom is 0.269 e. The molecule has 5 nitrogen and oxygen atoms in total. The number of allylic oxidation sites excluding steroid dienone is 1. The number of hydrogen-bond donors (Lipinski definition) is 1. The van der Waals surface area contributed by atoms with E-state index in [0.29, 0.717) is 12.4 Å². The normalized spacial score (nSPS) is 13.6. The smallest absolute Gasteiger partial charge is 0.269 e. The first-order valence-electron chi connectivity index (χ1n) is 4.28. The quantitative estimate of drug-likeness (QED) is 0.676. The third-order valence-electron chi connectivity index (χ3n) is 2.09. The lowest BCUT2D eigenvalue weighted by atomic mass is 10.4. The maximum atomic E-state index is 10.8. The number of primary amides is 1. The molecule has 2 rings (SSSR count). The molecule has 0 saturated heterocycles. The molecule has 0 saturated carbocycles. The Bertz CT molecular complexity index is 442. The summed E-state index contributed by atoms with van der Waals surface area (Å²) < 4.78 is 3.70. The predicted molar refractivity (Wildman–Crippen MR) is 50.9 cm³/mol. The standard InChI is InChI=1S/C9H10N4O/c1-7-5-8(9(10)14)11-13(7)6-12-3-2-4-12/h2-5H,6H2,1H3,(H-,10,14)/p+1. The Morgan fingerprint density at radius 1 is 1.71 bits per heavy atom. The van der Waals surface area contributed by atoms with Crippen LogP contribution in [0.25, 0.3) is 0 Å². The SMILES string of the molecule is Cc1cc(C(N)=O)nn1C[N+]1=CC=C1. The van der Waals surface area contributed by atoms with Gasteiger partial charge in [0.15, 0.2) is 12.4 Å². The first-order chi connectivity index (χ1) is 6.66. The van der Waals surface area contributed by atoms with Gasteiger partial charge in [0, 0.05) is 5.69 Å². The zero-order valence-corrected chi connectivity index (χ0v) is 7.84. The number of rotatable bonds is 3. The van der Waals surface area contributed by atoms with Crippen molar-refractivity contribution in [3.8, 4) is 0 Å². The minimum Gasteiger partial charge on any atom is -0.364 e. The number of carbonyl (C=O) groups excluding carboxylic acids is 1. The van der Waals surface area contributed by atoms with Gasteiger partial charge in [0.1, 0.15) is 5.69 Å². The fourth-order valence-electron chi connectivity index (χ4n) is 1.23. The number of carbonyl (C=O) groups is 1. The molecule has 0 radical (unpaired) electrons. The molecule has 0 aliphatic carbocycles. The Balaban J connectivity index is 2.20. The van der Waals surface area contributed by atoms with E-state index in [1.54, 1.807) is 10.7 Å². The van der Waals surface area contributed by atoms with Crippen molar-refractivity contribution >= 4 is 12.1 Å². The van der Waals surface area contributed by atoms with Crippen LogP contribution in [0.1, 0.15) is 16.2 Å². The van der Waals surface area contributed by atoms with Crippen LogP contribution in [0.5, 0.6) is 0 Å². The third kappa shape index (κ3) is 1.44. The Hall–Kier alpha value is -1.91. The number of amides is 1. The van der Waals surface area contributed by atoms with Gasteiger partial charge >= 0.3 is 0 Å². The Labute approximate surface area is 81.1 Å². The molecular formula is C9H11N4O+. The first kappa shape index (κ1) is 8.68. The Kier molecular flexibility index (Phi) is 1.92. The zero-order chi connectivity index (χ0) is 10.1. The second-order valence-electron chi connectivity index (χ2n) is 3.18. The van der Waals surface area contributed by atoms with Crippen LogP contribution in [0, 0.1) is 6.92 Å². The van der Waals surface area contributed by atoms with Gasteiger partial charge in [0.2, 0.25) is 6.67 Å². The van der Waals surface area contributed by atoms with Crippen molar-refractivity contribution in [1.82, 2.24) is 9.78 Å². The minimum absolute atomic E-state index is 0.312. The highest BCUT2D eigenvalue weighted by Gasteiger charge is 2.13. The van der Waals surface area contributed by atoms with Crippen LogP contribution in [0.2, 0.25) is 0 Å². The van der Waals surface area contributed by atoms with Crippen molar-refractivity contribution in [3.05, 3.63) is 29.7 Å². The average molecular weight is 191 g/mol. The summed E-state index contributed by atoms with van der Waals surface area (Å²) in [5, 5.41) is 4.08. The van der Waals surface area contributed by atoms with Gasteiger partial charge in [-0.05, 0) is 13.0 Å². The van der Waals surface area contributed by atoms with Crippen LogP contribution in [-0.2, 0) is 6.67 Å². The van der Waals surface area contributed by atoms with E-state index in [9.17, 15) is 4.79 Å². The van der Waals surface area contributed by atoms with E-state index >= 15 is 0 Å². The van der Waals surface area contributed by atoms with E-state index < -0.39 is 5.91 Å². The predicted octanol–water partition coefficient (Wildman–Crippen LogP) is -0.141. The molecule has 0 bridgehead atoms.